The molecule has 22 heavy (non-hydrogen) atoms. The highest BCUT2D eigenvalue weighted by Crippen LogP contribution is 2.24. The average Bonchev–Trinajstić information content (AvgIpc) is 2.82. The third-order valence-electron chi connectivity index (χ3n) is 3.52. The number of hydrogen-bond acceptors (Lipinski definition) is 3. The van der Waals surface area contributed by atoms with Gasteiger partial charge in [0.1, 0.15) is 0 Å². The van der Waals surface area contributed by atoms with Gasteiger partial charge in [0.05, 0.1) is 21.6 Å². The van der Waals surface area contributed by atoms with Crippen LogP contribution in [0.25, 0.3) is 11.0 Å². The van der Waals surface area contributed by atoms with Crippen LogP contribution in [-0.4, -0.2) is 18.4 Å². The molecule has 0 saturated carbocycles. The first-order chi connectivity index (χ1) is 10.4. The van der Waals surface area contributed by atoms with Crippen LogP contribution in [0.3, 0.4) is 0 Å². The van der Waals surface area contributed by atoms with Crippen LogP contribution in [-0.2, 0) is 10.0 Å². The lowest BCUT2D eigenvalue weighted by atomic mass is 10.1. The van der Waals surface area contributed by atoms with E-state index in [9.17, 15) is 13.2 Å². The maximum absolute atomic E-state index is 12.5. The average molecular weight is 317 g/mol. The lowest BCUT2D eigenvalue weighted by molar-refractivity contribution is 0.601. The number of H-pyrrole nitrogens is 2. The van der Waals surface area contributed by atoms with Crippen LogP contribution in [0.2, 0.25) is 0 Å². The highest BCUT2D eigenvalue weighted by atomic mass is 32.2. The SMILES string of the molecule is Cc1cccc(C)c1NS(=O)(=O)c1ccc2[nH]c(=O)[nH]c2c1. The zero-order valence-electron chi connectivity index (χ0n) is 12.1. The molecule has 6 nitrogen and oxygen atoms in total. The molecule has 1 heterocycles. The number of nitrogens with one attached hydrogen (secondary N) is 3. The Hall–Kier alpha value is -2.54. The maximum atomic E-state index is 12.5. The lowest BCUT2D eigenvalue weighted by Crippen LogP contribution is -2.14. The summed E-state index contributed by atoms with van der Waals surface area (Å²) in [6, 6.07) is 10.0. The van der Waals surface area contributed by atoms with Crippen LogP contribution in [0.15, 0.2) is 46.1 Å². The van der Waals surface area contributed by atoms with Crippen LogP contribution in [0.4, 0.5) is 5.69 Å². The monoisotopic (exact) mass is 317 g/mol. The van der Waals surface area contributed by atoms with Gasteiger partial charge in [-0.15, -0.1) is 0 Å². The van der Waals surface area contributed by atoms with Crippen molar-refractivity contribution in [2.24, 2.45) is 0 Å². The van der Waals surface area contributed by atoms with Crippen molar-refractivity contribution in [3.63, 3.8) is 0 Å². The molecule has 0 bridgehead atoms. The van der Waals surface area contributed by atoms with Crippen LogP contribution in [0, 0.1) is 13.8 Å². The largest absolute Gasteiger partial charge is 0.323 e. The number of rotatable bonds is 3. The molecule has 0 amide bonds. The van der Waals surface area contributed by atoms with E-state index in [-0.39, 0.29) is 10.6 Å². The first-order valence-electron chi connectivity index (χ1n) is 6.68. The Morgan fingerprint density at radius 2 is 1.59 bits per heavy atom. The molecule has 0 spiro atoms. The Balaban J connectivity index is 2.06. The second-order valence-corrected chi connectivity index (χ2v) is 6.84. The lowest BCUT2D eigenvalue weighted by Gasteiger charge is -2.13. The van der Waals surface area contributed by atoms with E-state index in [1.54, 1.807) is 6.07 Å². The van der Waals surface area contributed by atoms with Gasteiger partial charge in [0, 0.05) is 0 Å². The standard InChI is InChI=1S/C15H15N3O3S/c1-9-4-3-5-10(2)14(9)18-22(20,21)11-6-7-12-13(8-11)17-15(19)16-12/h3-8,18H,1-2H3,(H2,16,17,19). The van der Waals surface area contributed by atoms with Crippen molar-refractivity contribution < 1.29 is 8.42 Å². The number of anilines is 1. The summed E-state index contributed by atoms with van der Waals surface area (Å²) in [5.41, 5.74) is 2.92. The smallest absolute Gasteiger partial charge is 0.306 e. The number of benzene rings is 2. The van der Waals surface area contributed by atoms with Crippen LogP contribution >= 0.6 is 0 Å². The molecule has 1 aromatic heterocycles. The molecule has 0 fully saturated rings. The van der Waals surface area contributed by atoms with Gasteiger partial charge in [-0.05, 0) is 43.2 Å². The van der Waals surface area contributed by atoms with Crippen LogP contribution in [0.5, 0.6) is 0 Å². The van der Waals surface area contributed by atoms with Crippen molar-refractivity contribution in [2.75, 3.05) is 4.72 Å². The third-order valence-corrected chi connectivity index (χ3v) is 4.86. The fraction of sp³-hybridized carbons (Fsp3) is 0.133. The van der Waals surface area contributed by atoms with Gasteiger partial charge in [0.2, 0.25) is 0 Å². The van der Waals surface area contributed by atoms with Gasteiger partial charge >= 0.3 is 5.69 Å². The number of para-hydroxylation sites is 1. The predicted molar refractivity (Wildman–Crippen MR) is 85.6 cm³/mol. The molecule has 2 aromatic carbocycles. The predicted octanol–water partition coefficient (Wildman–Crippen LogP) is 2.27. The van der Waals surface area contributed by atoms with Crippen molar-refractivity contribution in [3.8, 4) is 0 Å². The van der Waals surface area contributed by atoms with Gasteiger partial charge in [-0.1, -0.05) is 18.2 Å². The highest BCUT2D eigenvalue weighted by molar-refractivity contribution is 7.92. The quantitative estimate of drug-likeness (QED) is 0.691. The normalized spacial score (nSPS) is 11.7. The summed E-state index contributed by atoms with van der Waals surface area (Å²) in [6.07, 6.45) is 0. The van der Waals surface area contributed by atoms with E-state index in [2.05, 4.69) is 14.7 Å². The molecule has 0 aliphatic heterocycles. The molecule has 0 aliphatic carbocycles. The molecule has 0 radical (unpaired) electrons. The summed E-state index contributed by atoms with van der Waals surface area (Å²) >= 11 is 0. The summed E-state index contributed by atoms with van der Waals surface area (Å²) in [4.78, 5) is 16.5. The van der Waals surface area contributed by atoms with Gasteiger partial charge in [-0.25, -0.2) is 13.2 Å². The van der Waals surface area contributed by atoms with E-state index in [1.807, 2.05) is 32.0 Å². The van der Waals surface area contributed by atoms with E-state index < -0.39 is 10.0 Å². The molecule has 114 valence electrons. The number of aromatic amines is 2. The minimum atomic E-state index is -3.73. The first kappa shape index (κ1) is 14.4. The third kappa shape index (κ3) is 2.50. The Morgan fingerprint density at radius 1 is 0.955 bits per heavy atom. The topological polar surface area (TPSA) is 94.8 Å². The van der Waals surface area contributed by atoms with E-state index in [0.29, 0.717) is 16.7 Å². The van der Waals surface area contributed by atoms with Crippen molar-refractivity contribution in [1.82, 2.24) is 9.97 Å². The Labute approximate surface area is 127 Å². The number of hydrogen-bond donors (Lipinski definition) is 3. The van der Waals surface area contributed by atoms with Crippen LogP contribution in [0.1, 0.15) is 11.1 Å². The Morgan fingerprint density at radius 3 is 2.27 bits per heavy atom. The van der Waals surface area contributed by atoms with Crippen molar-refractivity contribution in [1.29, 1.82) is 0 Å². The Kier molecular flexibility index (Phi) is 3.29. The molecular formula is C15H15N3O3S. The van der Waals surface area contributed by atoms with Gasteiger partial charge in [0.25, 0.3) is 10.0 Å². The van der Waals surface area contributed by atoms with Crippen LogP contribution < -0.4 is 10.4 Å². The molecule has 7 heteroatoms. The molecule has 0 saturated heterocycles. The molecule has 3 N–H and O–H groups in total. The molecule has 0 aliphatic rings. The van der Waals surface area contributed by atoms with Gasteiger partial charge in [-0.2, -0.15) is 0 Å². The second kappa shape index (κ2) is 5.03. The zero-order chi connectivity index (χ0) is 15.9. The van der Waals surface area contributed by atoms with E-state index >= 15 is 0 Å². The summed E-state index contributed by atoms with van der Waals surface area (Å²) < 4.78 is 27.7. The van der Waals surface area contributed by atoms with E-state index in [0.717, 1.165) is 11.1 Å². The van der Waals surface area contributed by atoms with Gasteiger partial charge in [-0.3, -0.25) is 4.72 Å². The molecule has 3 rings (SSSR count). The first-order valence-corrected chi connectivity index (χ1v) is 8.16. The number of sulfonamides is 1. The fourth-order valence-electron chi connectivity index (χ4n) is 2.35. The number of aromatic nitrogens is 2. The molecule has 0 unspecified atom stereocenters. The summed E-state index contributed by atoms with van der Waals surface area (Å²) in [5, 5.41) is 0. The fourth-order valence-corrected chi connectivity index (χ4v) is 3.58. The highest BCUT2D eigenvalue weighted by Gasteiger charge is 2.17. The van der Waals surface area contributed by atoms with Crippen molar-refractivity contribution in [3.05, 3.63) is 58.0 Å². The number of fused-ring (bicyclic) bond motifs is 1. The number of imidazole rings is 1. The summed E-state index contributed by atoms with van der Waals surface area (Å²) in [6.45, 7) is 3.69. The molecular weight excluding hydrogens is 302 g/mol. The maximum Gasteiger partial charge on any atom is 0.323 e. The van der Waals surface area contributed by atoms with Gasteiger partial charge in [0.15, 0.2) is 0 Å². The zero-order valence-corrected chi connectivity index (χ0v) is 12.9. The van der Waals surface area contributed by atoms with Gasteiger partial charge < -0.3 is 9.97 Å². The molecule has 0 atom stereocenters. The minimum Gasteiger partial charge on any atom is -0.306 e. The summed E-state index contributed by atoms with van der Waals surface area (Å²) in [7, 11) is -3.73. The van der Waals surface area contributed by atoms with Crippen molar-refractivity contribution >= 4 is 26.7 Å². The van der Waals surface area contributed by atoms with Crippen molar-refractivity contribution in [2.45, 2.75) is 18.7 Å². The second-order valence-electron chi connectivity index (χ2n) is 5.16. The number of aryl methyl sites for hydroxylation is 2. The van der Waals surface area contributed by atoms with E-state index in [4.69, 9.17) is 0 Å². The minimum absolute atomic E-state index is 0.0953. The Bertz CT molecular complexity index is 996. The summed E-state index contributed by atoms with van der Waals surface area (Å²) in [5.74, 6) is 0. The van der Waals surface area contributed by atoms with E-state index in [1.165, 1.54) is 12.1 Å². The molecule has 3 aromatic rings.